The third kappa shape index (κ3) is 4.70. The lowest BCUT2D eigenvalue weighted by atomic mass is 10.0. The van der Waals surface area contributed by atoms with Crippen molar-refractivity contribution in [1.82, 2.24) is 14.7 Å². The lowest BCUT2D eigenvalue weighted by Crippen LogP contribution is -2.39. The normalized spacial score (nSPS) is 16.1. The first kappa shape index (κ1) is 20.1. The van der Waals surface area contributed by atoms with Crippen molar-refractivity contribution in [3.63, 3.8) is 0 Å². The molecule has 3 aromatic rings. The van der Waals surface area contributed by atoms with Crippen molar-refractivity contribution in [3.8, 4) is 0 Å². The Balaban J connectivity index is 1.42. The van der Waals surface area contributed by atoms with Crippen LogP contribution in [0.2, 0.25) is 0 Å². The van der Waals surface area contributed by atoms with Crippen molar-refractivity contribution in [1.29, 1.82) is 0 Å². The third-order valence-electron chi connectivity index (χ3n) is 5.61. The number of aryl methyl sites for hydroxylation is 2. The minimum absolute atomic E-state index is 0.0877. The van der Waals surface area contributed by atoms with Crippen molar-refractivity contribution in [3.05, 3.63) is 82.9 Å². The molecule has 5 nitrogen and oxygen atoms in total. The lowest BCUT2D eigenvalue weighted by Gasteiger charge is -2.25. The van der Waals surface area contributed by atoms with Gasteiger partial charge in [-0.15, -0.1) is 0 Å². The quantitative estimate of drug-likeness (QED) is 0.653. The van der Waals surface area contributed by atoms with Gasteiger partial charge < -0.3 is 10.2 Å². The zero-order valence-electron chi connectivity index (χ0n) is 17.4. The van der Waals surface area contributed by atoms with Gasteiger partial charge in [0.05, 0.1) is 12.2 Å². The number of benzene rings is 2. The van der Waals surface area contributed by atoms with E-state index < -0.39 is 0 Å². The molecule has 30 heavy (non-hydrogen) atoms. The lowest BCUT2D eigenvalue weighted by molar-refractivity contribution is 0.206. The number of amides is 2. The van der Waals surface area contributed by atoms with Crippen molar-refractivity contribution in [2.45, 2.75) is 45.7 Å². The van der Waals surface area contributed by atoms with Gasteiger partial charge in [-0.1, -0.05) is 24.3 Å². The Hall–Kier alpha value is -3.15. The maximum atomic E-state index is 13.5. The number of aromatic nitrogens is 2. The summed E-state index contributed by atoms with van der Waals surface area (Å²) in [5, 5.41) is 7.55. The number of hydrogen-bond acceptors (Lipinski definition) is 2. The molecule has 0 radical (unpaired) electrons. The van der Waals surface area contributed by atoms with Crippen LogP contribution in [0.1, 0.15) is 35.4 Å². The number of carbonyl (C=O) groups excluding carboxylic acids is 1. The number of rotatable bonds is 5. The molecule has 2 aromatic carbocycles. The molecular weight excluding hydrogens is 379 g/mol. The second kappa shape index (κ2) is 8.69. The van der Waals surface area contributed by atoms with Crippen LogP contribution in [0, 0.1) is 19.7 Å². The maximum absolute atomic E-state index is 13.5. The molecule has 1 aromatic heterocycles. The highest BCUT2D eigenvalue weighted by Crippen LogP contribution is 2.23. The van der Waals surface area contributed by atoms with E-state index in [1.54, 1.807) is 12.1 Å². The number of nitrogens with zero attached hydrogens (tertiary/aromatic N) is 3. The number of anilines is 1. The summed E-state index contributed by atoms with van der Waals surface area (Å²) >= 11 is 0. The number of nitrogens with one attached hydrogen (secondary N) is 1. The summed E-state index contributed by atoms with van der Waals surface area (Å²) in [6.45, 7) is 5.40. The van der Waals surface area contributed by atoms with E-state index in [0.29, 0.717) is 13.0 Å². The average molecular weight is 407 g/mol. The molecule has 6 heteroatoms. The van der Waals surface area contributed by atoms with E-state index in [-0.39, 0.29) is 17.9 Å². The Kier molecular flexibility index (Phi) is 5.84. The van der Waals surface area contributed by atoms with Gasteiger partial charge in [0.2, 0.25) is 0 Å². The molecule has 1 unspecified atom stereocenters. The van der Waals surface area contributed by atoms with Crippen molar-refractivity contribution < 1.29 is 9.18 Å². The fourth-order valence-corrected chi connectivity index (χ4v) is 4.20. The van der Waals surface area contributed by atoms with Gasteiger partial charge in [0.25, 0.3) is 0 Å². The van der Waals surface area contributed by atoms with Crippen molar-refractivity contribution in [2.24, 2.45) is 0 Å². The van der Waals surface area contributed by atoms with Crippen LogP contribution in [0.5, 0.6) is 0 Å². The molecule has 2 heterocycles. The number of halogens is 1. The highest BCUT2D eigenvalue weighted by Gasteiger charge is 2.29. The Bertz CT molecular complexity index is 1050. The summed E-state index contributed by atoms with van der Waals surface area (Å²) in [6, 6.07) is 16.6. The highest BCUT2D eigenvalue weighted by atomic mass is 19.1. The third-order valence-corrected chi connectivity index (χ3v) is 5.61. The maximum Gasteiger partial charge on any atom is 0.322 e. The van der Waals surface area contributed by atoms with Crippen molar-refractivity contribution in [2.75, 3.05) is 11.9 Å². The predicted octanol–water partition coefficient (Wildman–Crippen LogP) is 4.93. The number of urea groups is 1. The minimum atomic E-state index is -0.235. The molecule has 0 aliphatic carbocycles. The van der Waals surface area contributed by atoms with Gasteiger partial charge in [-0.3, -0.25) is 4.68 Å². The van der Waals surface area contributed by atoms with Crippen molar-refractivity contribution >= 4 is 11.7 Å². The Morgan fingerprint density at radius 3 is 2.70 bits per heavy atom. The SMILES string of the molecule is Cc1cc(C)n(Cc2cccc(NC(=O)N3CCCC3Cc3cccc(F)c3)c2)n1. The van der Waals surface area contributed by atoms with Gasteiger partial charge in [0.1, 0.15) is 5.82 Å². The molecule has 0 spiro atoms. The molecule has 1 saturated heterocycles. The number of hydrogen-bond donors (Lipinski definition) is 1. The molecule has 1 fully saturated rings. The first-order valence-electron chi connectivity index (χ1n) is 10.4. The molecule has 0 bridgehead atoms. The van der Waals surface area contributed by atoms with Crippen LogP contribution in [0.4, 0.5) is 14.9 Å². The van der Waals surface area contributed by atoms with Gasteiger partial charge in [-0.2, -0.15) is 5.10 Å². The molecule has 1 N–H and O–H groups in total. The van der Waals surface area contributed by atoms with E-state index in [2.05, 4.69) is 16.5 Å². The van der Waals surface area contributed by atoms with Crippen LogP contribution in [0.25, 0.3) is 0 Å². The summed E-state index contributed by atoms with van der Waals surface area (Å²) in [5.74, 6) is -0.235. The van der Waals surface area contributed by atoms with E-state index in [1.807, 2.05) is 53.8 Å². The van der Waals surface area contributed by atoms with Crippen LogP contribution >= 0.6 is 0 Å². The van der Waals surface area contributed by atoms with Gasteiger partial charge in [0, 0.05) is 24.0 Å². The zero-order chi connectivity index (χ0) is 21.1. The largest absolute Gasteiger partial charge is 0.322 e. The Labute approximate surface area is 176 Å². The van der Waals surface area contributed by atoms with Crippen LogP contribution in [0.3, 0.4) is 0 Å². The average Bonchev–Trinajstić information content (AvgIpc) is 3.28. The van der Waals surface area contributed by atoms with Gasteiger partial charge in [-0.05, 0) is 74.6 Å². The molecule has 2 amide bonds. The second-order valence-corrected chi connectivity index (χ2v) is 8.04. The molecule has 1 atom stereocenters. The van der Waals surface area contributed by atoms with Crippen LogP contribution in [-0.2, 0) is 13.0 Å². The van der Waals surface area contributed by atoms with E-state index in [9.17, 15) is 9.18 Å². The summed E-state index contributed by atoms with van der Waals surface area (Å²) in [7, 11) is 0. The topological polar surface area (TPSA) is 50.2 Å². The Morgan fingerprint density at radius 1 is 1.13 bits per heavy atom. The summed E-state index contributed by atoms with van der Waals surface area (Å²) in [6.07, 6.45) is 2.57. The smallest absolute Gasteiger partial charge is 0.321 e. The number of likely N-dealkylation sites (tertiary alicyclic amines) is 1. The first-order valence-corrected chi connectivity index (χ1v) is 10.4. The van der Waals surface area contributed by atoms with E-state index in [0.717, 1.165) is 47.6 Å². The van der Waals surface area contributed by atoms with Gasteiger partial charge >= 0.3 is 6.03 Å². The van der Waals surface area contributed by atoms with Crippen LogP contribution in [-0.4, -0.2) is 33.3 Å². The van der Waals surface area contributed by atoms with Gasteiger partial charge in [-0.25, -0.2) is 9.18 Å². The second-order valence-electron chi connectivity index (χ2n) is 8.04. The minimum Gasteiger partial charge on any atom is -0.321 e. The molecule has 1 aliphatic heterocycles. The summed E-state index contributed by atoms with van der Waals surface area (Å²) < 4.78 is 15.5. The zero-order valence-corrected chi connectivity index (χ0v) is 17.4. The fraction of sp³-hybridized carbons (Fsp3) is 0.333. The monoisotopic (exact) mass is 406 g/mol. The molecule has 156 valence electrons. The summed E-state index contributed by atoms with van der Waals surface area (Å²) in [4.78, 5) is 14.8. The standard InChI is InChI=1S/C24H27FN4O/c1-17-12-18(2)29(27-17)16-20-7-4-9-22(14-20)26-24(30)28-11-5-10-23(28)15-19-6-3-8-21(25)13-19/h3-4,6-9,12-14,23H,5,10-11,15-16H2,1-2H3,(H,26,30). The van der Waals surface area contributed by atoms with E-state index >= 15 is 0 Å². The van der Waals surface area contributed by atoms with E-state index in [4.69, 9.17) is 0 Å². The molecular formula is C24H27FN4O. The predicted molar refractivity (Wildman–Crippen MR) is 116 cm³/mol. The number of carbonyl (C=O) groups is 1. The fourth-order valence-electron chi connectivity index (χ4n) is 4.20. The molecule has 1 aliphatic rings. The van der Waals surface area contributed by atoms with Crippen LogP contribution < -0.4 is 5.32 Å². The summed E-state index contributed by atoms with van der Waals surface area (Å²) in [5.41, 5.74) is 4.88. The Morgan fingerprint density at radius 2 is 1.93 bits per heavy atom. The highest BCUT2D eigenvalue weighted by molar-refractivity contribution is 5.89. The molecule has 0 saturated carbocycles. The van der Waals surface area contributed by atoms with E-state index in [1.165, 1.54) is 6.07 Å². The van der Waals surface area contributed by atoms with Gasteiger partial charge in [0.15, 0.2) is 0 Å². The molecule has 4 rings (SSSR count). The van der Waals surface area contributed by atoms with Crippen LogP contribution in [0.15, 0.2) is 54.6 Å². The first-order chi connectivity index (χ1) is 14.5.